The summed E-state index contributed by atoms with van der Waals surface area (Å²) in [6, 6.07) is 6.43. The Labute approximate surface area is 120 Å². The zero-order valence-electron chi connectivity index (χ0n) is 11.8. The molecule has 1 amide bonds. The summed E-state index contributed by atoms with van der Waals surface area (Å²) in [7, 11) is -3.42. The predicted molar refractivity (Wildman–Crippen MR) is 78.0 cm³/mol. The smallest absolute Gasteiger partial charge is 0.243 e. The van der Waals surface area contributed by atoms with Crippen molar-refractivity contribution >= 4 is 21.6 Å². The van der Waals surface area contributed by atoms with Crippen LogP contribution in [0, 0.1) is 0 Å². The van der Waals surface area contributed by atoms with Crippen molar-refractivity contribution in [3.63, 3.8) is 0 Å². The van der Waals surface area contributed by atoms with E-state index in [2.05, 4.69) is 5.32 Å². The largest absolute Gasteiger partial charge is 0.326 e. The van der Waals surface area contributed by atoms with Gasteiger partial charge in [0.15, 0.2) is 0 Å². The Morgan fingerprint density at radius 2 is 2.00 bits per heavy atom. The molecule has 110 valence electrons. The van der Waals surface area contributed by atoms with Gasteiger partial charge >= 0.3 is 0 Å². The summed E-state index contributed by atoms with van der Waals surface area (Å²) in [5, 5.41) is 2.63. The van der Waals surface area contributed by atoms with Gasteiger partial charge in [-0.2, -0.15) is 4.31 Å². The second kappa shape index (κ2) is 5.93. The van der Waals surface area contributed by atoms with Gasteiger partial charge in [0, 0.05) is 25.2 Å². The number of hydrogen-bond donors (Lipinski definition) is 1. The summed E-state index contributed by atoms with van der Waals surface area (Å²) in [6.45, 7) is 4.02. The van der Waals surface area contributed by atoms with Gasteiger partial charge in [-0.1, -0.05) is 6.92 Å². The fraction of sp³-hybridized carbons (Fsp3) is 0.500. The van der Waals surface area contributed by atoms with E-state index in [4.69, 9.17) is 0 Å². The van der Waals surface area contributed by atoms with Crippen LogP contribution in [0.5, 0.6) is 0 Å². The van der Waals surface area contributed by atoms with Crippen molar-refractivity contribution in [2.45, 2.75) is 44.0 Å². The number of hydrogen-bond acceptors (Lipinski definition) is 3. The van der Waals surface area contributed by atoms with Crippen LogP contribution in [0.4, 0.5) is 5.69 Å². The van der Waals surface area contributed by atoms with E-state index >= 15 is 0 Å². The van der Waals surface area contributed by atoms with E-state index in [1.165, 1.54) is 6.92 Å². The molecule has 1 heterocycles. The predicted octanol–water partition coefficient (Wildman–Crippen LogP) is 2.21. The zero-order chi connectivity index (χ0) is 14.8. The van der Waals surface area contributed by atoms with E-state index in [0.29, 0.717) is 12.2 Å². The Morgan fingerprint density at radius 1 is 1.35 bits per heavy atom. The highest BCUT2D eigenvalue weighted by Gasteiger charge is 2.33. The zero-order valence-corrected chi connectivity index (χ0v) is 12.6. The molecule has 2 rings (SSSR count). The minimum Gasteiger partial charge on any atom is -0.326 e. The average molecular weight is 296 g/mol. The van der Waals surface area contributed by atoms with Gasteiger partial charge in [0.1, 0.15) is 0 Å². The third-order valence-corrected chi connectivity index (χ3v) is 5.54. The van der Waals surface area contributed by atoms with Crippen molar-refractivity contribution in [2.24, 2.45) is 0 Å². The molecule has 0 bridgehead atoms. The topological polar surface area (TPSA) is 66.5 Å². The van der Waals surface area contributed by atoms with Gasteiger partial charge in [0.05, 0.1) is 4.90 Å². The highest BCUT2D eigenvalue weighted by Crippen LogP contribution is 2.28. The van der Waals surface area contributed by atoms with E-state index in [1.807, 2.05) is 6.92 Å². The molecule has 1 atom stereocenters. The summed E-state index contributed by atoms with van der Waals surface area (Å²) >= 11 is 0. The van der Waals surface area contributed by atoms with Crippen molar-refractivity contribution in [3.05, 3.63) is 24.3 Å². The molecule has 0 aliphatic carbocycles. The number of rotatable bonds is 4. The maximum Gasteiger partial charge on any atom is 0.243 e. The van der Waals surface area contributed by atoms with E-state index in [0.717, 1.165) is 19.3 Å². The van der Waals surface area contributed by atoms with Crippen LogP contribution in [0.15, 0.2) is 29.2 Å². The first-order chi connectivity index (χ1) is 9.45. The van der Waals surface area contributed by atoms with E-state index in [1.54, 1.807) is 28.6 Å². The molecule has 1 aliphatic rings. The molecule has 0 radical (unpaired) electrons. The van der Waals surface area contributed by atoms with Crippen LogP contribution in [0.25, 0.3) is 0 Å². The molecule has 1 unspecified atom stereocenters. The summed E-state index contributed by atoms with van der Waals surface area (Å²) < 4.78 is 26.7. The molecule has 20 heavy (non-hydrogen) atoms. The quantitative estimate of drug-likeness (QED) is 0.926. The minimum absolute atomic E-state index is 0.107. The summed E-state index contributed by atoms with van der Waals surface area (Å²) in [5.74, 6) is -0.175. The highest BCUT2D eigenvalue weighted by molar-refractivity contribution is 7.89. The van der Waals surface area contributed by atoms with Crippen LogP contribution in [0.2, 0.25) is 0 Å². The number of nitrogens with zero attached hydrogens (tertiary/aromatic N) is 1. The minimum atomic E-state index is -3.42. The molecule has 0 aromatic heterocycles. The summed E-state index contributed by atoms with van der Waals surface area (Å²) in [6.07, 6.45) is 2.69. The van der Waals surface area contributed by atoms with Crippen LogP contribution in [-0.2, 0) is 14.8 Å². The lowest BCUT2D eigenvalue weighted by atomic mass is 10.2. The second-order valence-corrected chi connectivity index (χ2v) is 6.92. The van der Waals surface area contributed by atoms with Crippen LogP contribution in [-0.4, -0.2) is 31.2 Å². The van der Waals surface area contributed by atoms with Crippen molar-refractivity contribution < 1.29 is 13.2 Å². The molecular formula is C14H20N2O3S. The van der Waals surface area contributed by atoms with E-state index < -0.39 is 10.0 Å². The van der Waals surface area contributed by atoms with Crippen LogP contribution < -0.4 is 5.32 Å². The van der Waals surface area contributed by atoms with Crippen molar-refractivity contribution in [3.8, 4) is 0 Å². The maximum absolute atomic E-state index is 12.6. The van der Waals surface area contributed by atoms with Crippen molar-refractivity contribution in [1.82, 2.24) is 4.31 Å². The number of benzene rings is 1. The molecule has 6 heteroatoms. The van der Waals surface area contributed by atoms with Crippen LogP contribution in [0.3, 0.4) is 0 Å². The first-order valence-corrected chi connectivity index (χ1v) is 8.28. The monoisotopic (exact) mass is 296 g/mol. The van der Waals surface area contributed by atoms with Gasteiger partial charge in [-0.3, -0.25) is 4.79 Å². The summed E-state index contributed by atoms with van der Waals surface area (Å²) in [4.78, 5) is 11.2. The summed E-state index contributed by atoms with van der Waals surface area (Å²) in [5.41, 5.74) is 0.602. The van der Waals surface area contributed by atoms with E-state index in [-0.39, 0.29) is 16.8 Å². The molecule has 1 aliphatic heterocycles. The number of carbonyl (C=O) groups excluding carboxylic acids is 1. The lowest BCUT2D eigenvalue weighted by molar-refractivity contribution is -0.114. The fourth-order valence-electron chi connectivity index (χ4n) is 2.58. The number of amides is 1. The lowest BCUT2D eigenvalue weighted by Crippen LogP contribution is -2.35. The number of carbonyl (C=O) groups is 1. The SMILES string of the molecule is CCC1CCCN1S(=O)(=O)c1ccc(NC(C)=O)cc1. The van der Waals surface area contributed by atoms with Gasteiger partial charge < -0.3 is 5.32 Å². The Hall–Kier alpha value is -1.40. The molecule has 1 saturated heterocycles. The molecule has 0 spiro atoms. The Morgan fingerprint density at radius 3 is 2.55 bits per heavy atom. The molecular weight excluding hydrogens is 276 g/mol. The number of nitrogens with one attached hydrogen (secondary N) is 1. The Balaban J connectivity index is 2.23. The standard InChI is InChI=1S/C14H20N2O3S/c1-3-13-5-4-10-16(13)20(18,19)14-8-6-12(7-9-14)15-11(2)17/h6-9,13H,3-5,10H2,1-2H3,(H,15,17). The maximum atomic E-state index is 12.6. The van der Waals surface area contributed by atoms with E-state index in [9.17, 15) is 13.2 Å². The molecule has 1 fully saturated rings. The van der Waals surface area contributed by atoms with Gasteiger partial charge in [0.25, 0.3) is 0 Å². The van der Waals surface area contributed by atoms with Crippen molar-refractivity contribution in [1.29, 1.82) is 0 Å². The van der Waals surface area contributed by atoms with Gasteiger partial charge in [-0.25, -0.2) is 8.42 Å². The first-order valence-electron chi connectivity index (χ1n) is 6.84. The van der Waals surface area contributed by atoms with Gasteiger partial charge in [-0.05, 0) is 43.5 Å². The average Bonchev–Trinajstić information content (AvgIpc) is 2.87. The Bertz CT molecular complexity index is 581. The number of anilines is 1. The van der Waals surface area contributed by atoms with Crippen LogP contribution in [0.1, 0.15) is 33.1 Å². The van der Waals surface area contributed by atoms with Crippen LogP contribution >= 0.6 is 0 Å². The normalized spacial score (nSPS) is 20.0. The van der Waals surface area contributed by atoms with Crippen molar-refractivity contribution in [2.75, 3.05) is 11.9 Å². The fourth-order valence-corrected chi connectivity index (χ4v) is 4.35. The molecule has 1 N–H and O–H groups in total. The lowest BCUT2D eigenvalue weighted by Gasteiger charge is -2.23. The highest BCUT2D eigenvalue weighted by atomic mass is 32.2. The van der Waals surface area contributed by atoms with Gasteiger partial charge in [0.2, 0.25) is 15.9 Å². The first kappa shape index (κ1) is 15.0. The molecule has 1 aromatic carbocycles. The molecule has 0 saturated carbocycles. The number of sulfonamides is 1. The Kier molecular flexibility index (Phi) is 4.45. The third kappa shape index (κ3) is 3.02. The second-order valence-electron chi connectivity index (χ2n) is 5.03. The molecule has 5 nitrogen and oxygen atoms in total. The van der Waals surface area contributed by atoms with Gasteiger partial charge in [-0.15, -0.1) is 0 Å². The third-order valence-electron chi connectivity index (χ3n) is 3.58. The molecule has 1 aromatic rings.